The molecule has 1 amide bonds. The molecule has 4 nitrogen and oxygen atoms in total. The van der Waals surface area contributed by atoms with Gasteiger partial charge in [-0.05, 0) is 37.8 Å². The minimum atomic E-state index is -0.118. The predicted octanol–water partition coefficient (Wildman–Crippen LogP) is 2.20. The predicted molar refractivity (Wildman–Crippen MR) is 73.3 cm³/mol. The van der Waals surface area contributed by atoms with Crippen LogP contribution in [0.15, 0.2) is 18.2 Å². The third-order valence-electron chi connectivity index (χ3n) is 3.60. The van der Waals surface area contributed by atoms with Gasteiger partial charge in [0.25, 0.3) is 5.91 Å². The zero-order chi connectivity index (χ0) is 13.8. The lowest BCUT2D eigenvalue weighted by molar-refractivity contribution is 0.0496. The Labute approximate surface area is 114 Å². The fourth-order valence-electron chi connectivity index (χ4n) is 2.43. The van der Waals surface area contributed by atoms with Crippen molar-refractivity contribution in [3.63, 3.8) is 0 Å². The van der Waals surface area contributed by atoms with E-state index < -0.39 is 0 Å². The summed E-state index contributed by atoms with van der Waals surface area (Å²) < 4.78 is 5.32. The molecule has 1 aromatic rings. The highest BCUT2D eigenvalue weighted by atomic mass is 16.5. The van der Waals surface area contributed by atoms with Crippen LogP contribution in [0.3, 0.4) is 0 Å². The molecule has 1 heterocycles. The van der Waals surface area contributed by atoms with E-state index in [1.165, 1.54) is 0 Å². The van der Waals surface area contributed by atoms with Crippen LogP contribution in [-0.2, 0) is 4.74 Å². The van der Waals surface area contributed by atoms with Crippen molar-refractivity contribution in [1.82, 2.24) is 4.90 Å². The number of hydrogen-bond donors (Lipinski definition) is 1. The lowest BCUT2D eigenvalue weighted by Crippen LogP contribution is -2.34. The number of aromatic hydroxyl groups is 1. The smallest absolute Gasteiger partial charge is 0.257 e. The maximum atomic E-state index is 12.3. The Morgan fingerprint density at radius 2 is 2.11 bits per heavy atom. The number of amides is 1. The first-order chi connectivity index (χ1) is 9.08. The number of hydrogen-bond acceptors (Lipinski definition) is 3. The van der Waals surface area contributed by atoms with E-state index in [-0.39, 0.29) is 11.7 Å². The molecule has 0 atom stereocenters. The lowest BCUT2D eigenvalue weighted by Gasteiger charge is -2.27. The summed E-state index contributed by atoms with van der Waals surface area (Å²) in [5.74, 6) is 0.428. The van der Waals surface area contributed by atoms with E-state index in [1.807, 2.05) is 6.92 Å². The van der Waals surface area contributed by atoms with Crippen LogP contribution in [0.2, 0.25) is 0 Å². The van der Waals surface area contributed by atoms with Gasteiger partial charge in [0.1, 0.15) is 5.75 Å². The highest BCUT2D eigenvalue weighted by Crippen LogP contribution is 2.21. The molecule has 0 bridgehead atoms. The number of aryl methyl sites for hydroxylation is 1. The molecule has 1 fully saturated rings. The van der Waals surface area contributed by atoms with Crippen molar-refractivity contribution in [3.05, 3.63) is 29.3 Å². The number of rotatable bonds is 3. The number of phenols is 1. The average molecular weight is 263 g/mol. The van der Waals surface area contributed by atoms with Gasteiger partial charge in [-0.2, -0.15) is 0 Å². The van der Waals surface area contributed by atoms with Crippen molar-refractivity contribution >= 4 is 5.91 Å². The van der Waals surface area contributed by atoms with Gasteiger partial charge in [-0.1, -0.05) is 11.6 Å². The second kappa shape index (κ2) is 6.06. The first-order valence-electron chi connectivity index (χ1n) is 6.70. The second-order valence-corrected chi connectivity index (χ2v) is 5.26. The summed E-state index contributed by atoms with van der Waals surface area (Å²) in [4.78, 5) is 14.0. The lowest BCUT2D eigenvalue weighted by atomic mass is 9.99. The van der Waals surface area contributed by atoms with Crippen LogP contribution in [0.5, 0.6) is 5.75 Å². The van der Waals surface area contributed by atoms with Crippen molar-refractivity contribution in [2.75, 3.05) is 26.8 Å². The number of phenolic OH excluding ortho intramolecular Hbond substituents is 1. The summed E-state index contributed by atoms with van der Waals surface area (Å²) in [6.07, 6.45) is 1.99. The van der Waals surface area contributed by atoms with E-state index in [0.717, 1.165) is 38.2 Å². The number of carbonyl (C=O) groups is 1. The molecular weight excluding hydrogens is 242 g/mol. The Balaban J connectivity index is 2.03. The largest absolute Gasteiger partial charge is 0.507 e. The van der Waals surface area contributed by atoms with Crippen LogP contribution in [0.4, 0.5) is 0 Å². The molecule has 0 unspecified atom stereocenters. The maximum Gasteiger partial charge on any atom is 0.257 e. The van der Waals surface area contributed by atoms with Gasteiger partial charge in [0, 0.05) is 26.8 Å². The molecule has 0 saturated carbocycles. The van der Waals surface area contributed by atoms with Gasteiger partial charge in [-0.15, -0.1) is 0 Å². The van der Waals surface area contributed by atoms with Crippen LogP contribution >= 0.6 is 0 Å². The van der Waals surface area contributed by atoms with E-state index in [2.05, 4.69) is 0 Å². The zero-order valence-electron chi connectivity index (χ0n) is 11.6. The van der Waals surface area contributed by atoms with Crippen molar-refractivity contribution in [3.8, 4) is 5.75 Å². The Morgan fingerprint density at radius 1 is 1.42 bits per heavy atom. The molecular formula is C15H21NO3. The molecule has 0 aromatic heterocycles. The van der Waals surface area contributed by atoms with Gasteiger partial charge in [0.2, 0.25) is 0 Å². The van der Waals surface area contributed by atoms with E-state index in [1.54, 1.807) is 30.1 Å². The zero-order valence-corrected chi connectivity index (χ0v) is 11.6. The molecule has 0 spiro atoms. The van der Waals surface area contributed by atoms with Crippen molar-refractivity contribution < 1.29 is 14.6 Å². The van der Waals surface area contributed by atoms with Crippen LogP contribution in [0.25, 0.3) is 0 Å². The van der Waals surface area contributed by atoms with E-state index >= 15 is 0 Å². The molecule has 0 aliphatic carbocycles. The van der Waals surface area contributed by atoms with E-state index in [4.69, 9.17) is 4.74 Å². The first-order valence-corrected chi connectivity index (χ1v) is 6.70. The maximum absolute atomic E-state index is 12.3. The van der Waals surface area contributed by atoms with Gasteiger partial charge in [0.15, 0.2) is 0 Å². The Hall–Kier alpha value is -1.55. The van der Waals surface area contributed by atoms with Gasteiger partial charge >= 0.3 is 0 Å². The van der Waals surface area contributed by atoms with Gasteiger partial charge in [-0.25, -0.2) is 0 Å². The molecule has 1 aromatic carbocycles. The summed E-state index contributed by atoms with van der Waals surface area (Å²) in [7, 11) is 1.79. The second-order valence-electron chi connectivity index (χ2n) is 5.26. The summed E-state index contributed by atoms with van der Waals surface area (Å²) >= 11 is 0. The molecule has 2 rings (SSSR count). The van der Waals surface area contributed by atoms with Crippen LogP contribution in [0, 0.1) is 12.8 Å². The highest BCUT2D eigenvalue weighted by molar-refractivity contribution is 5.96. The quantitative estimate of drug-likeness (QED) is 0.909. The molecule has 104 valence electrons. The highest BCUT2D eigenvalue weighted by Gasteiger charge is 2.21. The number of nitrogens with zero attached hydrogens (tertiary/aromatic N) is 1. The molecule has 1 saturated heterocycles. The molecule has 1 aliphatic rings. The fourth-order valence-corrected chi connectivity index (χ4v) is 2.43. The molecule has 0 radical (unpaired) electrons. The first kappa shape index (κ1) is 13.9. The van der Waals surface area contributed by atoms with Crippen LogP contribution in [0.1, 0.15) is 28.8 Å². The standard InChI is InChI=1S/C15H21NO3/c1-11-3-4-14(17)13(9-11)15(18)16(2)10-12-5-7-19-8-6-12/h3-4,9,12,17H,5-8,10H2,1-2H3. The Bertz CT molecular complexity index is 453. The monoisotopic (exact) mass is 263 g/mol. The normalized spacial score (nSPS) is 16.3. The number of benzene rings is 1. The third-order valence-corrected chi connectivity index (χ3v) is 3.60. The van der Waals surface area contributed by atoms with Gasteiger partial charge in [0.05, 0.1) is 5.56 Å². The van der Waals surface area contributed by atoms with Crippen LogP contribution in [-0.4, -0.2) is 42.7 Å². The third kappa shape index (κ3) is 3.47. The van der Waals surface area contributed by atoms with Crippen molar-refractivity contribution in [1.29, 1.82) is 0 Å². The number of ether oxygens (including phenoxy) is 1. The van der Waals surface area contributed by atoms with Gasteiger partial charge < -0.3 is 14.7 Å². The number of carbonyl (C=O) groups excluding carboxylic acids is 1. The van der Waals surface area contributed by atoms with Gasteiger partial charge in [-0.3, -0.25) is 4.79 Å². The summed E-state index contributed by atoms with van der Waals surface area (Å²) in [5, 5.41) is 9.79. The van der Waals surface area contributed by atoms with E-state index in [9.17, 15) is 9.90 Å². The Morgan fingerprint density at radius 3 is 2.79 bits per heavy atom. The summed E-state index contributed by atoms with van der Waals surface area (Å²) in [5.41, 5.74) is 1.36. The molecule has 1 aliphatic heterocycles. The molecule has 1 N–H and O–H groups in total. The van der Waals surface area contributed by atoms with Crippen molar-refractivity contribution in [2.24, 2.45) is 5.92 Å². The topological polar surface area (TPSA) is 49.8 Å². The van der Waals surface area contributed by atoms with Crippen molar-refractivity contribution in [2.45, 2.75) is 19.8 Å². The summed E-state index contributed by atoms with van der Waals surface area (Å²) in [6, 6.07) is 5.10. The SMILES string of the molecule is Cc1ccc(O)c(C(=O)N(C)CC2CCOCC2)c1. The Kier molecular flexibility index (Phi) is 4.43. The molecule has 4 heteroatoms. The summed E-state index contributed by atoms with van der Waals surface area (Å²) in [6.45, 7) is 4.19. The van der Waals surface area contributed by atoms with Crippen LogP contribution < -0.4 is 0 Å². The fraction of sp³-hybridized carbons (Fsp3) is 0.533. The minimum Gasteiger partial charge on any atom is -0.507 e. The average Bonchev–Trinajstić information content (AvgIpc) is 2.42. The minimum absolute atomic E-state index is 0.0504. The molecule has 19 heavy (non-hydrogen) atoms. The van der Waals surface area contributed by atoms with E-state index in [0.29, 0.717) is 11.5 Å².